The van der Waals surface area contributed by atoms with Gasteiger partial charge in [-0.3, -0.25) is 9.69 Å². The van der Waals surface area contributed by atoms with Gasteiger partial charge in [-0.05, 0) is 44.4 Å². The monoisotopic (exact) mass is 448 g/mol. The number of hydrogen-bond donors (Lipinski definition) is 0. The maximum Gasteiger partial charge on any atom is 0.254 e. The number of ether oxygens (including phenoxy) is 1. The Morgan fingerprint density at radius 2 is 2.09 bits per heavy atom. The molecule has 5 rings (SSSR count). The first-order valence-corrected chi connectivity index (χ1v) is 11.9. The van der Waals surface area contributed by atoms with Crippen LogP contribution in [0.4, 0.5) is 0 Å². The molecule has 1 atom stereocenters. The third kappa shape index (κ3) is 4.25. The van der Waals surface area contributed by atoms with Gasteiger partial charge < -0.3 is 9.64 Å². The fraction of sp³-hybridized carbons (Fsp3) is 0.520. The van der Waals surface area contributed by atoms with E-state index in [2.05, 4.69) is 16.8 Å². The van der Waals surface area contributed by atoms with Gasteiger partial charge >= 0.3 is 0 Å². The summed E-state index contributed by atoms with van der Waals surface area (Å²) >= 11 is 0. The molecule has 33 heavy (non-hydrogen) atoms. The Balaban J connectivity index is 1.52. The van der Waals surface area contributed by atoms with Gasteiger partial charge in [0.15, 0.2) is 11.5 Å². The van der Waals surface area contributed by atoms with Crippen LogP contribution in [-0.2, 0) is 4.74 Å². The number of aryl methyl sites for hydroxylation is 1. The van der Waals surface area contributed by atoms with Crippen molar-refractivity contribution in [3.8, 4) is 5.82 Å². The summed E-state index contributed by atoms with van der Waals surface area (Å²) < 4.78 is 7.06. The van der Waals surface area contributed by atoms with E-state index in [1.807, 2.05) is 36.1 Å². The van der Waals surface area contributed by atoms with Crippen molar-refractivity contribution >= 4 is 16.9 Å². The van der Waals surface area contributed by atoms with Gasteiger partial charge in [0, 0.05) is 57.1 Å². The molecule has 1 amide bonds. The SMILES string of the molecule is CCC1CN(C(=O)c2cc(C3CC3)nc3c2c(C)nn3-c2ccccn2)CCN1CCOC. The minimum Gasteiger partial charge on any atom is -0.383 e. The van der Waals surface area contributed by atoms with E-state index in [1.54, 1.807) is 18.0 Å². The Kier molecular flexibility index (Phi) is 6.12. The van der Waals surface area contributed by atoms with Gasteiger partial charge in [0.1, 0.15) is 0 Å². The fourth-order valence-electron chi connectivity index (χ4n) is 4.84. The number of nitrogens with zero attached hydrogens (tertiary/aromatic N) is 6. The van der Waals surface area contributed by atoms with Crippen LogP contribution in [0, 0.1) is 6.92 Å². The third-order valence-corrected chi connectivity index (χ3v) is 6.87. The highest BCUT2D eigenvalue weighted by Gasteiger charge is 2.33. The van der Waals surface area contributed by atoms with Gasteiger partial charge in [0.05, 0.1) is 23.3 Å². The summed E-state index contributed by atoms with van der Waals surface area (Å²) in [7, 11) is 1.74. The number of piperazine rings is 1. The first-order chi connectivity index (χ1) is 16.1. The van der Waals surface area contributed by atoms with Crippen LogP contribution >= 0.6 is 0 Å². The van der Waals surface area contributed by atoms with Crippen molar-refractivity contribution in [2.24, 2.45) is 0 Å². The number of amides is 1. The minimum atomic E-state index is 0.0813. The summed E-state index contributed by atoms with van der Waals surface area (Å²) in [5.41, 5.74) is 3.25. The van der Waals surface area contributed by atoms with Crippen molar-refractivity contribution in [3.63, 3.8) is 0 Å². The molecule has 1 saturated carbocycles. The largest absolute Gasteiger partial charge is 0.383 e. The van der Waals surface area contributed by atoms with Gasteiger partial charge in [-0.15, -0.1) is 0 Å². The van der Waals surface area contributed by atoms with E-state index in [1.165, 1.54) is 0 Å². The second kappa shape index (κ2) is 9.19. The summed E-state index contributed by atoms with van der Waals surface area (Å²) in [6.07, 6.45) is 5.00. The van der Waals surface area contributed by atoms with Gasteiger partial charge in [0.2, 0.25) is 0 Å². The predicted octanol–water partition coefficient (Wildman–Crippen LogP) is 3.18. The number of pyridine rings is 2. The van der Waals surface area contributed by atoms with Crippen molar-refractivity contribution in [1.82, 2.24) is 29.5 Å². The molecule has 1 aliphatic heterocycles. The molecule has 3 aromatic rings. The van der Waals surface area contributed by atoms with E-state index in [0.29, 0.717) is 24.4 Å². The van der Waals surface area contributed by atoms with E-state index >= 15 is 0 Å². The lowest BCUT2D eigenvalue weighted by molar-refractivity contribution is 0.0386. The maximum atomic E-state index is 13.9. The first-order valence-electron chi connectivity index (χ1n) is 11.9. The molecule has 1 aliphatic carbocycles. The molecular formula is C25H32N6O2. The van der Waals surface area contributed by atoms with Crippen LogP contribution in [0.3, 0.4) is 0 Å². The van der Waals surface area contributed by atoms with Crippen LogP contribution in [0.15, 0.2) is 30.5 Å². The Hall–Kier alpha value is -2.84. The Bertz CT molecular complexity index is 1140. The maximum absolute atomic E-state index is 13.9. The van der Waals surface area contributed by atoms with Crippen molar-refractivity contribution in [2.45, 2.75) is 45.1 Å². The Morgan fingerprint density at radius 1 is 1.24 bits per heavy atom. The molecule has 0 spiro atoms. The molecule has 1 unspecified atom stereocenters. The normalized spacial score (nSPS) is 19.4. The molecule has 8 heteroatoms. The number of rotatable bonds is 7. The molecule has 8 nitrogen and oxygen atoms in total. The van der Waals surface area contributed by atoms with Crippen LogP contribution in [-0.4, -0.2) is 81.4 Å². The number of aromatic nitrogens is 4. The molecule has 4 heterocycles. The van der Waals surface area contributed by atoms with Crippen LogP contribution in [0.5, 0.6) is 0 Å². The van der Waals surface area contributed by atoms with Crippen LogP contribution in [0.25, 0.3) is 16.9 Å². The number of carbonyl (C=O) groups excluding carboxylic acids is 1. The molecule has 1 saturated heterocycles. The Morgan fingerprint density at radius 3 is 2.79 bits per heavy atom. The summed E-state index contributed by atoms with van der Waals surface area (Å²) in [5, 5.41) is 5.58. The molecule has 174 valence electrons. The number of methoxy groups -OCH3 is 1. The van der Waals surface area contributed by atoms with Crippen LogP contribution in [0.2, 0.25) is 0 Å². The zero-order valence-electron chi connectivity index (χ0n) is 19.7. The van der Waals surface area contributed by atoms with E-state index in [9.17, 15) is 4.79 Å². The predicted molar refractivity (Wildman–Crippen MR) is 127 cm³/mol. The molecule has 0 N–H and O–H groups in total. The number of fused-ring (bicyclic) bond motifs is 1. The van der Waals surface area contributed by atoms with Crippen LogP contribution in [0.1, 0.15) is 53.8 Å². The summed E-state index contributed by atoms with van der Waals surface area (Å²) in [4.78, 5) is 27.8. The topological polar surface area (TPSA) is 76.4 Å². The standard InChI is InChI=1S/C25H32N6O2/c1-4-19-16-30(12-11-29(19)13-14-33-3)25(32)20-15-21(18-8-9-18)27-24-23(20)17(2)28-31(24)22-7-5-6-10-26-22/h5-7,10,15,18-19H,4,8-9,11-14,16H2,1-3H3. The number of carbonyl (C=O) groups is 1. The second-order valence-electron chi connectivity index (χ2n) is 9.09. The highest BCUT2D eigenvalue weighted by atomic mass is 16.5. The van der Waals surface area contributed by atoms with E-state index in [-0.39, 0.29) is 5.91 Å². The fourth-order valence-corrected chi connectivity index (χ4v) is 4.84. The van der Waals surface area contributed by atoms with Gasteiger partial charge in [-0.2, -0.15) is 9.78 Å². The average molecular weight is 449 g/mol. The molecule has 3 aromatic heterocycles. The highest BCUT2D eigenvalue weighted by Crippen LogP contribution is 2.41. The summed E-state index contributed by atoms with van der Waals surface area (Å²) in [6.45, 7) is 8.07. The summed E-state index contributed by atoms with van der Waals surface area (Å²) in [5.74, 6) is 1.23. The second-order valence-corrected chi connectivity index (χ2v) is 9.09. The zero-order valence-corrected chi connectivity index (χ0v) is 19.7. The van der Waals surface area contributed by atoms with E-state index < -0.39 is 0 Å². The van der Waals surface area contributed by atoms with Crippen molar-refractivity contribution in [2.75, 3.05) is 39.9 Å². The third-order valence-electron chi connectivity index (χ3n) is 6.87. The van der Waals surface area contributed by atoms with Gasteiger partial charge in [0.25, 0.3) is 5.91 Å². The molecule has 0 bridgehead atoms. The lowest BCUT2D eigenvalue weighted by Gasteiger charge is -2.41. The number of hydrogen-bond acceptors (Lipinski definition) is 6. The zero-order chi connectivity index (χ0) is 22.9. The highest BCUT2D eigenvalue weighted by molar-refractivity contribution is 6.07. The lowest BCUT2D eigenvalue weighted by atomic mass is 10.0. The smallest absolute Gasteiger partial charge is 0.254 e. The molecular weight excluding hydrogens is 416 g/mol. The van der Waals surface area contributed by atoms with Crippen molar-refractivity contribution in [1.29, 1.82) is 0 Å². The van der Waals surface area contributed by atoms with Crippen molar-refractivity contribution < 1.29 is 9.53 Å². The molecule has 0 radical (unpaired) electrons. The van der Waals surface area contributed by atoms with E-state index in [0.717, 1.165) is 73.4 Å². The molecule has 0 aromatic carbocycles. The van der Waals surface area contributed by atoms with Gasteiger partial charge in [-0.1, -0.05) is 13.0 Å². The van der Waals surface area contributed by atoms with Crippen molar-refractivity contribution in [3.05, 3.63) is 47.4 Å². The first kappa shape index (κ1) is 22.0. The lowest BCUT2D eigenvalue weighted by Crippen LogP contribution is -2.55. The Labute approximate surface area is 194 Å². The van der Waals surface area contributed by atoms with E-state index in [4.69, 9.17) is 14.8 Å². The van der Waals surface area contributed by atoms with Crippen LogP contribution < -0.4 is 0 Å². The average Bonchev–Trinajstić information content (AvgIpc) is 3.65. The quantitative estimate of drug-likeness (QED) is 0.553. The summed E-state index contributed by atoms with van der Waals surface area (Å²) in [6, 6.07) is 8.12. The molecule has 2 aliphatic rings. The minimum absolute atomic E-state index is 0.0813. The molecule has 2 fully saturated rings. The van der Waals surface area contributed by atoms with Gasteiger partial charge in [-0.25, -0.2) is 9.97 Å².